The third-order valence-corrected chi connectivity index (χ3v) is 7.76. The molecule has 0 spiro atoms. The molecule has 0 saturated carbocycles. The van der Waals surface area contributed by atoms with Crippen molar-refractivity contribution >= 4 is 23.9 Å². The predicted octanol–water partition coefficient (Wildman–Crippen LogP) is 8.03. The average Bonchev–Trinajstić information content (AvgIpc) is 3.11. The van der Waals surface area contributed by atoms with E-state index >= 15 is 0 Å². The summed E-state index contributed by atoms with van der Waals surface area (Å²) in [5, 5.41) is 1.22. The third kappa shape index (κ3) is 5.21. The Morgan fingerprint density at radius 3 is 2.35 bits per heavy atom. The Balaban J connectivity index is 1.74. The lowest BCUT2D eigenvalue weighted by Gasteiger charge is -2.41. The first-order chi connectivity index (χ1) is 14.5. The fraction of sp³-hybridized carbons (Fsp3) is 0.586. The Labute approximate surface area is 191 Å². The van der Waals surface area contributed by atoms with Gasteiger partial charge in [-0.2, -0.15) is 0 Å². The van der Waals surface area contributed by atoms with Gasteiger partial charge in [0.2, 0.25) is 7.28 Å². The molecule has 3 rings (SSSR count). The fourth-order valence-electron chi connectivity index (χ4n) is 5.14. The van der Waals surface area contributed by atoms with Crippen molar-refractivity contribution in [2.45, 2.75) is 97.8 Å². The molecule has 1 aliphatic carbocycles. The van der Waals surface area contributed by atoms with Crippen LogP contribution in [0.25, 0.3) is 11.0 Å². The zero-order chi connectivity index (χ0) is 22.9. The zero-order valence-electron chi connectivity index (χ0n) is 21.0. The van der Waals surface area contributed by atoms with Crippen molar-refractivity contribution in [3.8, 4) is 0 Å². The van der Waals surface area contributed by atoms with Gasteiger partial charge in [-0.05, 0) is 77.2 Å². The molecule has 167 valence electrons. The number of rotatable bonds is 9. The molecular formula is C29H42BO. The Morgan fingerprint density at radius 1 is 1.10 bits per heavy atom. The Morgan fingerprint density at radius 2 is 1.74 bits per heavy atom. The van der Waals surface area contributed by atoms with Crippen LogP contribution >= 0.6 is 0 Å². The summed E-state index contributed by atoms with van der Waals surface area (Å²) in [6.07, 6.45) is 11.7. The summed E-state index contributed by atoms with van der Waals surface area (Å²) >= 11 is 0. The molecule has 0 N–H and O–H groups in total. The maximum atomic E-state index is 6.22. The highest BCUT2D eigenvalue weighted by atomic mass is 16.3. The highest BCUT2D eigenvalue weighted by Gasteiger charge is 2.37. The minimum Gasteiger partial charge on any atom is -0.472 e. The Bertz CT molecular complexity index is 888. The van der Waals surface area contributed by atoms with E-state index in [1.54, 1.807) is 0 Å². The minimum absolute atomic E-state index is 0.208. The number of unbranched alkanes of at least 4 members (excludes halogenated alkanes) is 1. The molecule has 1 nitrogen and oxygen atoms in total. The van der Waals surface area contributed by atoms with Gasteiger partial charge in [0.25, 0.3) is 0 Å². The number of hydrogen-bond donors (Lipinski definition) is 0. The molecule has 1 heterocycles. The van der Waals surface area contributed by atoms with Gasteiger partial charge in [0.1, 0.15) is 5.58 Å². The topological polar surface area (TPSA) is 13.1 Å². The first-order valence-corrected chi connectivity index (χ1v) is 12.2. The van der Waals surface area contributed by atoms with E-state index < -0.39 is 0 Å². The molecule has 0 bridgehead atoms. The second kappa shape index (κ2) is 9.04. The van der Waals surface area contributed by atoms with Gasteiger partial charge in [0.15, 0.2) is 0 Å². The number of furan rings is 1. The number of fused-ring (bicyclic) bond motifs is 2. The van der Waals surface area contributed by atoms with E-state index in [0.29, 0.717) is 11.3 Å². The largest absolute Gasteiger partial charge is 0.472 e. The zero-order valence-corrected chi connectivity index (χ0v) is 21.0. The van der Waals surface area contributed by atoms with Gasteiger partial charge in [-0.1, -0.05) is 73.5 Å². The molecule has 0 aliphatic heterocycles. The Kier molecular flexibility index (Phi) is 6.99. The van der Waals surface area contributed by atoms with Crippen molar-refractivity contribution in [2.75, 3.05) is 0 Å². The van der Waals surface area contributed by atoms with Gasteiger partial charge in [0, 0.05) is 5.39 Å². The second-order valence-corrected chi connectivity index (χ2v) is 11.6. The van der Waals surface area contributed by atoms with Gasteiger partial charge in [-0.25, -0.2) is 0 Å². The van der Waals surface area contributed by atoms with Crippen LogP contribution in [-0.2, 0) is 10.8 Å². The molecule has 2 heteroatoms. The van der Waals surface area contributed by atoms with Crippen LogP contribution in [0.5, 0.6) is 0 Å². The molecule has 31 heavy (non-hydrogen) atoms. The van der Waals surface area contributed by atoms with Crippen LogP contribution in [0.4, 0.5) is 0 Å². The van der Waals surface area contributed by atoms with Crippen LogP contribution in [0.3, 0.4) is 0 Å². The molecule has 0 amide bonds. The standard InChI is InChI=1S/C29H42BO/c1-9-11-14-27(3,4)22(10-2)13-12-17-30-26-19-21-18-23-24(20-25(21)31-26)29(7,8)16-15-28(23,5)6/h10,12,17-20,22H,2,9,11,13-16H2,1,3-8H3/b17-12+. The third-order valence-electron chi connectivity index (χ3n) is 7.76. The van der Waals surface area contributed by atoms with E-state index in [1.165, 1.54) is 48.6 Å². The lowest BCUT2D eigenvalue weighted by Crippen LogP contribution is -2.33. The molecule has 1 radical (unpaired) electrons. The summed E-state index contributed by atoms with van der Waals surface area (Å²) in [7, 11) is 2.11. The molecule has 1 atom stereocenters. The molecule has 1 aromatic carbocycles. The number of benzene rings is 1. The van der Waals surface area contributed by atoms with E-state index in [9.17, 15) is 0 Å². The van der Waals surface area contributed by atoms with Crippen molar-refractivity contribution in [3.63, 3.8) is 0 Å². The van der Waals surface area contributed by atoms with E-state index in [0.717, 1.165) is 17.7 Å². The first-order valence-electron chi connectivity index (χ1n) is 12.2. The van der Waals surface area contributed by atoms with Crippen molar-refractivity contribution < 1.29 is 4.42 Å². The normalized spacial score (nSPS) is 18.8. The first kappa shape index (κ1) is 24.0. The van der Waals surface area contributed by atoms with E-state index in [1.807, 2.05) is 0 Å². The van der Waals surface area contributed by atoms with Crippen molar-refractivity contribution in [2.24, 2.45) is 11.3 Å². The van der Waals surface area contributed by atoms with Crippen LogP contribution in [0.15, 0.2) is 47.3 Å². The fourth-order valence-corrected chi connectivity index (χ4v) is 5.14. The van der Waals surface area contributed by atoms with Crippen LogP contribution in [0.2, 0.25) is 0 Å². The molecule has 1 unspecified atom stereocenters. The Hall–Kier alpha value is -1.70. The number of hydrogen-bond acceptors (Lipinski definition) is 1. The number of allylic oxidation sites excluding steroid dienone is 2. The monoisotopic (exact) mass is 417 g/mol. The van der Waals surface area contributed by atoms with E-state index in [4.69, 9.17) is 4.42 Å². The summed E-state index contributed by atoms with van der Waals surface area (Å²) in [5.41, 5.74) is 5.61. The molecule has 2 aromatic rings. The summed E-state index contributed by atoms with van der Waals surface area (Å²) in [6, 6.07) is 6.87. The summed E-state index contributed by atoms with van der Waals surface area (Å²) in [4.78, 5) is 0. The lowest BCUT2D eigenvalue weighted by atomic mass is 9.63. The van der Waals surface area contributed by atoms with Crippen LogP contribution < -0.4 is 5.66 Å². The predicted molar refractivity (Wildman–Crippen MR) is 138 cm³/mol. The molecule has 0 saturated heterocycles. The van der Waals surface area contributed by atoms with E-state index in [2.05, 4.69) is 98.7 Å². The van der Waals surface area contributed by atoms with Gasteiger partial charge >= 0.3 is 0 Å². The summed E-state index contributed by atoms with van der Waals surface area (Å²) in [6.45, 7) is 20.6. The summed E-state index contributed by atoms with van der Waals surface area (Å²) < 4.78 is 6.22. The lowest BCUT2D eigenvalue weighted by molar-refractivity contribution is 0.233. The highest BCUT2D eigenvalue weighted by molar-refractivity contribution is 6.57. The van der Waals surface area contributed by atoms with Crippen LogP contribution in [-0.4, -0.2) is 7.28 Å². The maximum absolute atomic E-state index is 6.22. The second-order valence-electron chi connectivity index (χ2n) is 11.6. The van der Waals surface area contributed by atoms with E-state index in [-0.39, 0.29) is 10.8 Å². The average molecular weight is 417 g/mol. The van der Waals surface area contributed by atoms with Crippen LogP contribution in [0.1, 0.15) is 98.1 Å². The van der Waals surface area contributed by atoms with Crippen molar-refractivity contribution in [3.05, 3.63) is 54.0 Å². The van der Waals surface area contributed by atoms with Gasteiger partial charge in [-0.3, -0.25) is 0 Å². The minimum atomic E-state index is 0.208. The SMILES string of the molecule is C=CC(C/C=C/[B]c1cc2cc3c(cc2o1)C(C)(C)CCC3(C)C)C(C)(C)CCCC. The van der Waals surface area contributed by atoms with Gasteiger partial charge < -0.3 is 4.42 Å². The molecule has 0 fully saturated rings. The van der Waals surface area contributed by atoms with Gasteiger partial charge in [-0.15, -0.1) is 12.6 Å². The molecule has 1 aromatic heterocycles. The quantitative estimate of drug-likeness (QED) is 0.297. The maximum Gasteiger partial charge on any atom is 0.231 e. The summed E-state index contributed by atoms with van der Waals surface area (Å²) in [5.74, 6) is 2.65. The van der Waals surface area contributed by atoms with Crippen molar-refractivity contribution in [1.82, 2.24) is 0 Å². The highest BCUT2D eigenvalue weighted by Crippen LogP contribution is 2.47. The molecular weight excluding hydrogens is 375 g/mol. The van der Waals surface area contributed by atoms with Crippen LogP contribution in [0, 0.1) is 11.3 Å². The molecule has 1 aliphatic rings. The smallest absolute Gasteiger partial charge is 0.231 e. The van der Waals surface area contributed by atoms with Gasteiger partial charge in [0.05, 0.1) is 5.66 Å². The van der Waals surface area contributed by atoms with Crippen molar-refractivity contribution in [1.29, 1.82) is 0 Å².